The van der Waals surface area contributed by atoms with Gasteiger partial charge in [0.15, 0.2) is 6.29 Å². The van der Waals surface area contributed by atoms with E-state index in [4.69, 9.17) is 14.2 Å². The highest BCUT2D eigenvalue weighted by atomic mass is 32.2. The van der Waals surface area contributed by atoms with Crippen LogP contribution in [0.25, 0.3) is 11.1 Å². The minimum Gasteiger partial charge on any atom is -0.494 e. The zero-order valence-electron chi connectivity index (χ0n) is 25.0. The molecule has 1 fully saturated rings. The van der Waals surface area contributed by atoms with Crippen molar-refractivity contribution in [2.75, 3.05) is 19.0 Å². The maximum Gasteiger partial charge on any atom is 0.199 e. The van der Waals surface area contributed by atoms with Crippen LogP contribution in [0, 0.1) is 0 Å². The Morgan fingerprint density at radius 2 is 1.49 bits per heavy atom. The molecule has 0 spiro atoms. The zero-order chi connectivity index (χ0) is 29.1. The Kier molecular flexibility index (Phi) is 10.5. The van der Waals surface area contributed by atoms with Gasteiger partial charge in [0, 0.05) is 11.3 Å². The van der Waals surface area contributed by atoms with Gasteiger partial charge in [-0.1, -0.05) is 66.7 Å². The van der Waals surface area contributed by atoms with Crippen molar-refractivity contribution in [1.29, 1.82) is 0 Å². The van der Waals surface area contributed by atoms with E-state index in [1.807, 2.05) is 11.8 Å². The van der Waals surface area contributed by atoms with E-state index in [1.54, 1.807) is 0 Å². The van der Waals surface area contributed by atoms with Gasteiger partial charge in [0.1, 0.15) is 11.5 Å². The number of hydrogen-bond acceptors (Lipinski definition) is 4. The molecule has 1 aliphatic carbocycles. The lowest BCUT2D eigenvalue weighted by Gasteiger charge is -2.24. The van der Waals surface area contributed by atoms with E-state index in [0.717, 1.165) is 75.4 Å². The first-order valence-electron chi connectivity index (χ1n) is 15.9. The summed E-state index contributed by atoms with van der Waals surface area (Å²) in [6.45, 7) is 1.54. The summed E-state index contributed by atoms with van der Waals surface area (Å²) in [7, 11) is 0. The smallest absolute Gasteiger partial charge is 0.199 e. The molecule has 0 radical (unpaired) electrons. The summed E-state index contributed by atoms with van der Waals surface area (Å²) in [6, 6.07) is 36.9. The molecular formula is C39H42O3S. The SMILES string of the molecule is c1ccc(SCCCCCOc2ccc(C3=C(c4ccccc4)CCCc4cc(OC5CCCCO5)ccc43)cc2)cc1. The summed E-state index contributed by atoms with van der Waals surface area (Å²) in [5.41, 5.74) is 7.91. The number of unbranched alkanes of at least 4 members (excludes halogenated alkanes) is 2. The van der Waals surface area contributed by atoms with Gasteiger partial charge >= 0.3 is 0 Å². The number of benzene rings is 4. The molecule has 4 aromatic carbocycles. The number of fused-ring (bicyclic) bond motifs is 1. The molecule has 43 heavy (non-hydrogen) atoms. The Hall–Kier alpha value is -3.47. The molecule has 1 aliphatic heterocycles. The second kappa shape index (κ2) is 15.3. The third-order valence-electron chi connectivity index (χ3n) is 8.26. The second-order valence-electron chi connectivity index (χ2n) is 11.4. The van der Waals surface area contributed by atoms with Crippen LogP contribution in [0.3, 0.4) is 0 Å². The van der Waals surface area contributed by atoms with Gasteiger partial charge in [-0.2, -0.15) is 0 Å². The number of ether oxygens (including phenoxy) is 3. The molecule has 0 N–H and O–H groups in total. The summed E-state index contributed by atoms with van der Waals surface area (Å²) in [6.07, 6.45) is 9.75. The molecule has 222 valence electrons. The first-order chi connectivity index (χ1) is 21.3. The molecule has 0 bridgehead atoms. The minimum absolute atomic E-state index is 0.131. The molecule has 4 aromatic rings. The Bertz CT molecular complexity index is 1460. The van der Waals surface area contributed by atoms with Crippen molar-refractivity contribution in [3.05, 3.63) is 125 Å². The monoisotopic (exact) mass is 590 g/mol. The molecule has 2 aliphatic rings. The Balaban J connectivity index is 1.14. The predicted molar refractivity (Wildman–Crippen MR) is 179 cm³/mol. The minimum atomic E-state index is -0.131. The lowest BCUT2D eigenvalue weighted by Crippen LogP contribution is -2.25. The quantitative estimate of drug-likeness (QED) is 0.121. The van der Waals surface area contributed by atoms with E-state index in [0.29, 0.717) is 0 Å². The van der Waals surface area contributed by atoms with Crippen molar-refractivity contribution in [3.8, 4) is 11.5 Å². The van der Waals surface area contributed by atoms with Gasteiger partial charge in [-0.05, 0) is 127 Å². The summed E-state index contributed by atoms with van der Waals surface area (Å²) in [5, 5.41) is 0. The van der Waals surface area contributed by atoms with Crippen LogP contribution in [0.4, 0.5) is 0 Å². The lowest BCUT2D eigenvalue weighted by atomic mass is 9.88. The van der Waals surface area contributed by atoms with Gasteiger partial charge in [-0.3, -0.25) is 0 Å². The van der Waals surface area contributed by atoms with E-state index in [1.165, 1.54) is 51.1 Å². The zero-order valence-corrected chi connectivity index (χ0v) is 25.8. The predicted octanol–water partition coefficient (Wildman–Crippen LogP) is 10.2. The second-order valence-corrected chi connectivity index (χ2v) is 12.6. The number of thioether (sulfide) groups is 1. The van der Waals surface area contributed by atoms with E-state index in [-0.39, 0.29) is 6.29 Å². The van der Waals surface area contributed by atoms with Crippen LogP contribution in [0.1, 0.15) is 73.6 Å². The molecule has 1 unspecified atom stereocenters. The molecule has 4 heteroatoms. The summed E-state index contributed by atoms with van der Waals surface area (Å²) in [5.74, 6) is 3.01. The number of rotatable bonds is 12. The molecule has 6 rings (SSSR count). The summed E-state index contributed by atoms with van der Waals surface area (Å²) < 4.78 is 18.3. The molecule has 0 aromatic heterocycles. The molecular weight excluding hydrogens is 548 g/mol. The van der Waals surface area contributed by atoms with Crippen LogP contribution in [-0.4, -0.2) is 25.3 Å². The Morgan fingerprint density at radius 1 is 0.698 bits per heavy atom. The van der Waals surface area contributed by atoms with E-state index < -0.39 is 0 Å². The van der Waals surface area contributed by atoms with Crippen molar-refractivity contribution in [3.63, 3.8) is 0 Å². The van der Waals surface area contributed by atoms with Crippen LogP contribution in [0.5, 0.6) is 11.5 Å². The fourth-order valence-electron chi connectivity index (χ4n) is 6.05. The lowest BCUT2D eigenvalue weighted by molar-refractivity contribution is -0.105. The van der Waals surface area contributed by atoms with E-state index in [9.17, 15) is 0 Å². The van der Waals surface area contributed by atoms with E-state index in [2.05, 4.69) is 103 Å². The van der Waals surface area contributed by atoms with Crippen LogP contribution in [-0.2, 0) is 11.2 Å². The van der Waals surface area contributed by atoms with Gasteiger partial charge in [-0.25, -0.2) is 0 Å². The van der Waals surface area contributed by atoms with Gasteiger partial charge in [-0.15, -0.1) is 11.8 Å². The number of hydrogen-bond donors (Lipinski definition) is 0. The third-order valence-corrected chi connectivity index (χ3v) is 9.36. The maximum absolute atomic E-state index is 6.26. The highest BCUT2D eigenvalue weighted by Crippen LogP contribution is 2.41. The Morgan fingerprint density at radius 3 is 2.28 bits per heavy atom. The van der Waals surface area contributed by atoms with Crippen molar-refractivity contribution < 1.29 is 14.2 Å². The standard InChI is InChI=1S/C39H42O3S/c1-4-13-30(14-5-1)36-18-12-15-32-29-34(42-38-19-8-10-27-41-38)24-25-37(32)39(36)31-20-22-33(23-21-31)40-26-9-3-11-28-43-35-16-6-2-7-17-35/h1-2,4-7,13-14,16-17,20-25,29,38H,3,8-12,15,18-19,26-28H2. The highest BCUT2D eigenvalue weighted by molar-refractivity contribution is 7.99. The average Bonchev–Trinajstić information content (AvgIpc) is 3.25. The molecule has 0 amide bonds. The molecule has 1 saturated heterocycles. The first kappa shape index (κ1) is 29.6. The summed E-state index contributed by atoms with van der Waals surface area (Å²) >= 11 is 1.94. The van der Waals surface area contributed by atoms with Crippen molar-refractivity contribution in [2.24, 2.45) is 0 Å². The Labute approximate surface area is 261 Å². The molecule has 1 heterocycles. The fraction of sp³-hybridized carbons (Fsp3) is 0.333. The first-order valence-corrected chi connectivity index (χ1v) is 16.9. The topological polar surface area (TPSA) is 27.7 Å². The van der Waals surface area contributed by atoms with Gasteiger partial charge in [0.05, 0.1) is 13.2 Å². The van der Waals surface area contributed by atoms with Crippen LogP contribution in [0.2, 0.25) is 0 Å². The van der Waals surface area contributed by atoms with Crippen molar-refractivity contribution in [1.82, 2.24) is 0 Å². The number of aryl methyl sites for hydroxylation is 1. The summed E-state index contributed by atoms with van der Waals surface area (Å²) in [4.78, 5) is 1.35. The van der Waals surface area contributed by atoms with Gasteiger partial charge in [0.2, 0.25) is 0 Å². The normalized spacial score (nSPS) is 16.8. The van der Waals surface area contributed by atoms with Crippen molar-refractivity contribution in [2.45, 2.75) is 69.0 Å². The maximum atomic E-state index is 6.26. The molecule has 3 nitrogen and oxygen atoms in total. The molecule has 1 atom stereocenters. The highest BCUT2D eigenvalue weighted by Gasteiger charge is 2.22. The van der Waals surface area contributed by atoms with Crippen LogP contribution in [0.15, 0.2) is 108 Å². The van der Waals surface area contributed by atoms with Crippen molar-refractivity contribution >= 4 is 22.9 Å². The third kappa shape index (κ3) is 8.13. The van der Waals surface area contributed by atoms with Crippen LogP contribution >= 0.6 is 11.8 Å². The van der Waals surface area contributed by atoms with Gasteiger partial charge in [0.25, 0.3) is 0 Å². The largest absolute Gasteiger partial charge is 0.494 e. The number of allylic oxidation sites excluding steroid dienone is 1. The fourth-order valence-corrected chi connectivity index (χ4v) is 6.98. The van der Waals surface area contributed by atoms with E-state index >= 15 is 0 Å². The average molecular weight is 591 g/mol. The molecule has 0 saturated carbocycles. The van der Waals surface area contributed by atoms with Gasteiger partial charge < -0.3 is 14.2 Å². The van der Waals surface area contributed by atoms with Crippen LogP contribution < -0.4 is 9.47 Å².